The van der Waals surface area contributed by atoms with Crippen molar-refractivity contribution >= 4 is 0 Å². The quantitative estimate of drug-likeness (QED) is 0.556. The lowest BCUT2D eigenvalue weighted by Crippen LogP contribution is -2.31. The first-order valence-electron chi connectivity index (χ1n) is 4.10. The van der Waals surface area contributed by atoms with E-state index in [1.165, 1.54) is 0 Å². The van der Waals surface area contributed by atoms with Crippen LogP contribution in [0.25, 0.3) is 0 Å². The zero-order chi connectivity index (χ0) is 8.10. The Balaban J connectivity index is 2.27. The maximum atomic E-state index is 8.57. The van der Waals surface area contributed by atoms with Gasteiger partial charge < -0.3 is 0 Å². The third kappa shape index (κ3) is 2.73. The van der Waals surface area contributed by atoms with Crippen molar-refractivity contribution in [2.45, 2.75) is 13.3 Å². The Morgan fingerprint density at radius 3 is 3.00 bits per heavy atom. The van der Waals surface area contributed by atoms with Gasteiger partial charge in [0.2, 0.25) is 0 Å². The van der Waals surface area contributed by atoms with Gasteiger partial charge in [-0.15, -0.1) is 0 Å². The van der Waals surface area contributed by atoms with Crippen LogP contribution >= 0.6 is 0 Å². The first kappa shape index (κ1) is 8.29. The largest absolute Gasteiger partial charge is 0.298 e. The molecule has 1 atom stereocenters. The van der Waals surface area contributed by atoms with Crippen LogP contribution in [0.1, 0.15) is 13.3 Å². The molecule has 0 aliphatic carbocycles. The zero-order valence-corrected chi connectivity index (χ0v) is 6.95. The third-order valence-corrected chi connectivity index (χ3v) is 1.89. The van der Waals surface area contributed by atoms with Crippen molar-refractivity contribution in [2.75, 3.05) is 19.6 Å². The second-order valence-corrected chi connectivity index (χ2v) is 3.05. The molecule has 1 aliphatic rings. The molecule has 0 bridgehead atoms. The van der Waals surface area contributed by atoms with E-state index in [-0.39, 0.29) is 5.92 Å². The molecular weight excluding hydrogens is 136 g/mol. The molecule has 0 radical (unpaired) electrons. The lowest BCUT2D eigenvalue weighted by atomic mass is 10.1. The van der Waals surface area contributed by atoms with Crippen LogP contribution in [0.15, 0.2) is 12.2 Å². The summed E-state index contributed by atoms with van der Waals surface area (Å²) >= 11 is 0. The lowest BCUT2D eigenvalue weighted by molar-refractivity contribution is 0.278. The topological polar surface area (TPSA) is 27.0 Å². The van der Waals surface area contributed by atoms with Crippen molar-refractivity contribution in [1.29, 1.82) is 5.26 Å². The van der Waals surface area contributed by atoms with E-state index in [9.17, 15) is 0 Å². The van der Waals surface area contributed by atoms with Crippen LogP contribution in [0.5, 0.6) is 0 Å². The fourth-order valence-electron chi connectivity index (χ4n) is 1.28. The van der Waals surface area contributed by atoms with E-state index in [1.807, 2.05) is 6.92 Å². The molecule has 0 N–H and O–H groups in total. The van der Waals surface area contributed by atoms with Gasteiger partial charge in [-0.25, -0.2) is 0 Å². The highest BCUT2D eigenvalue weighted by Gasteiger charge is 2.09. The molecule has 0 saturated heterocycles. The van der Waals surface area contributed by atoms with Crippen molar-refractivity contribution in [3.8, 4) is 6.07 Å². The maximum absolute atomic E-state index is 8.57. The van der Waals surface area contributed by atoms with E-state index in [2.05, 4.69) is 23.1 Å². The van der Waals surface area contributed by atoms with Gasteiger partial charge in [-0.2, -0.15) is 5.26 Å². The fourth-order valence-corrected chi connectivity index (χ4v) is 1.28. The molecule has 1 aliphatic heterocycles. The normalized spacial score (nSPS) is 21.1. The average molecular weight is 150 g/mol. The van der Waals surface area contributed by atoms with Crippen LogP contribution in [0.2, 0.25) is 0 Å². The van der Waals surface area contributed by atoms with Gasteiger partial charge in [-0.3, -0.25) is 4.90 Å². The summed E-state index contributed by atoms with van der Waals surface area (Å²) in [4.78, 5) is 2.31. The van der Waals surface area contributed by atoms with Crippen LogP contribution in [0.4, 0.5) is 0 Å². The Bertz CT molecular complexity index is 178. The summed E-state index contributed by atoms with van der Waals surface area (Å²) in [6.45, 7) is 5.02. The minimum Gasteiger partial charge on any atom is -0.298 e. The number of rotatable bonds is 2. The van der Waals surface area contributed by atoms with Gasteiger partial charge in [0.05, 0.1) is 12.0 Å². The highest BCUT2D eigenvalue weighted by Crippen LogP contribution is 2.04. The molecular formula is C9H14N2. The molecule has 1 unspecified atom stereocenters. The SMILES string of the molecule is CC(C#N)CN1CC=CCC1. The van der Waals surface area contributed by atoms with Gasteiger partial charge in [-0.05, 0) is 13.3 Å². The summed E-state index contributed by atoms with van der Waals surface area (Å²) in [5.74, 6) is 0.168. The molecule has 0 aromatic carbocycles. The van der Waals surface area contributed by atoms with Crippen molar-refractivity contribution in [3.05, 3.63) is 12.2 Å². The number of nitriles is 1. The van der Waals surface area contributed by atoms with E-state index in [0.717, 1.165) is 26.1 Å². The maximum Gasteiger partial charge on any atom is 0.0666 e. The predicted octanol–water partition coefficient (Wildman–Crippen LogP) is 1.41. The second-order valence-electron chi connectivity index (χ2n) is 3.05. The highest BCUT2D eigenvalue weighted by atomic mass is 15.1. The Hall–Kier alpha value is -0.810. The summed E-state index contributed by atoms with van der Waals surface area (Å²) in [5.41, 5.74) is 0. The molecule has 11 heavy (non-hydrogen) atoms. The van der Waals surface area contributed by atoms with Crippen molar-refractivity contribution in [3.63, 3.8) is 0 Å². The molecule has 1 rings (SSSR count). The molecule has 0 fully saturated rings. The van der Waals surface area contributed by atoms with E-state index >= 15 is 0 Å². The van der Waals surface area contributed by atoms with Crippen LogP contribution in [0.3, 0.4) is 0 Å². The monoisotopic (exact) mass is 150 g/mol. The van der Waals surface area contributed by atoms with Gasteiger partial charge in [0.25, 0.3) is 0 Å². The number of hydrogen-bond acceptors (Lipinski definition) is 2. The summed E-state index contributed by atoms with van der Waals surface area (Å²) in [6, 6.07) is 2.25. The van der Waals surface area contributed by atoms with Gasteiger partial charge in [-0.1, -0.05) is 12.2 Å². The molecule has 0 aromatic heterocycles. The highest BCUT2D eigenvalue weighted by molar-refractivity contribution is 4.92. The molecule has 1 heterocycles. The predicted molar refractivity (Wildman–Crippen MR) is 45.0 cm³/mol. The van der Waals surface area contributed by atoms with Crippen molar-refractivity contribution in [1.82, 2.24) is 4.90 Å². The minimum absolute atomic E-state index is 0.168. The van der Waals surface area contributed by atoms with Crippen molar-refractivity contribution < 1.29 is 0 Å². The van der Waals surface area contributed by atoms with E-state index in [0.29, 0.717) is 0 Å². The lowest BCUT2D eigenvalue weighted by Gasteiger charge is -2.23. The van der Waals surface area contributed by atoms with Crippen LogP contribution < -0.4 is 0 Å². The standard InChI is InChI=1S/C9H14N2/c1-9(7-10)8-11-5-3-2-4-6-11/h2-3,9H,4-6,8H2,1H3. The molecule has 0 saturated carbocycles. The molecule has 60 valence electrons. The molecule has 0 aromatic rings. The summed E-state index contributed by atoms with van der Waals surface area (Å²) < 4.78 is 0. The first-order valence-corrected chi connectivity index (χ1v) is 4.10. The molecule has 2 heteroatoms. The molecule has 0 spiro atoms. The number of nitrogens with zero attached hydrogens (tertiary/aromatic N) is 2. The van der Waals surface area contributed by atoms with Gasteiger partial charge in [0.15, 0.2) is 0 Å². The smallest absolute Gasteiger partial charge is 0.0666 e. The molecule has 0 amide bonds. The van der Waals surface area contributed by atoms with E-state index in [1.54, 1.807) is 0 Å². The van der Waals surface area contributed by atoms with E-state index in [4.69, 9.17) is 5.26 Å². The van der Waals surface area contributed by atoms with Crippen LogP contribution in [0, 0.1) is 17.2 Å². The molecule has 2 nitrogen and oxygen atoms in total. The minimum atomic E-state index is 0.168. The Morgan fingerprint density at radius 2 is 2.45 bits per heavy atom. The van der Waals surface area contributed by atoms with Crippen LogP contribution in [-0.4, -0.2) is 24.5 Å². The van der Waals surface area contributed by atoms with Crippen LogP contribution in [-0.2, 0) is 0 Å². The Labute approximate surface area is 68.1 Å². The number of hydrogen-bond donors (Lipinski definition) is 0. The summed E-state index contributed by atoms with van der Waals surface area (Å²) in [5, 5.41) is 8.57. The van der Waals surface area contributed by atoms with E-state index < -0.39 is 0 Å². The van der Waals surface area contributed by atoms with Gasteiger partial charge in [0.1, 0.15) is 0 Å². The Kier molecular flexibility index (Phi) is 3.13. The Morgan fingerprint density at radius 1 is 1.64 bits per heavy atom. The first-order chi connectivity index (χ1) is 5.33. The third-order valence-electron chi connectivity index (χ3n) is 1.89. The average Bonchev–Trinajstić information content (AvgIpc) is 2.06. The fraction of sp³-hybridized carbons (Fsp3) is 0.667. The van der Waals surface area contributed by atoms with Gasteiger partial charge in [0, 0.05) is 19.6 Å². The summed E-state index contributed by atoms with van der Waals surface area (Å²) in [6.07, 6.45) is 5.51. The summed E-state index contributed by atoms with van der Waals surface area (Å²) in [7, 11) is 0. The zero-order valence-electron chi connectivity index (χ0n) is 6.95. The van der Waals surface area contributed by atoms with Gasteiger partial charge >= 0.3 is 0 Å². The second kappa shape index (κ2) is 4.15. The van der Waals surface area contributed by atoms with Crippen molar-refractivity contribution in [2.24, 2.45) is 5.92 Å².